The van der Waals surface area contributed by atoms with Crippen LogP contribution in [-0.4, -0.2) is 78.5 Å². The monoisotopic (exact) mass is 353 g/mol. The molecule has 0 aromatic carbocycles. The Labute approximate surface area is 152 Å². The maximum absolute atomic E-state index is 12.1. The van der Waals surface area contributed by atoms with Gasteiger partial charge in [-0.2, -0.15) is 0 Å². The molecule has 1 atom stereocenters. The van der Waals surface area contributed by atoms with Crippen LogP contribution in [0.4, 0.5) is 4.79 Å². The van der Waals surface area contributed by atoms with E-state index in [1.807, 2.05) is 25.7 Å². The van der Waals surface area contributed by atoms with E-state index >= 15 is 0 Å². The maximum atomic E-state index is 12.1. The van der Waals surface area contributed by atoms with Gasteiger partial charge < -0.3 is 19.7 Å². The fourth-order valence-corrected chi connectivity index (χ4v) is 4.01. The molecule has 1 amide bonds. The Bertz CT molecular complexity index is 451. The molecule has 144 valence electrons. The van der Waals surface area contributed by atoms with E-state index in [2.05, 4.69) is 17.1 Å². The smallest absolute Gasteiger partial charge is 0.410 e. The number of piperazine rings is 1. The quantitative estimate of drug-likeness (QED) is 0.843. The van der Waals surface area contributed by atoms with Crippen LogP contribution in [0.1, 0.15) is 53.4 Å². The summed E-state index contributed by atoms with van der Waals surface area (Å²) in [6, 6.07) is 1.31. The molecule has 1 aliphatic carbocycles. The summed E-state index contributed by atoms with van der Waals surface area (Å²) >= 11 is 0. The van der Waals surface area contributed by atoms with Gasteiger partial charge in [-0.15, -0.1) is 0 Å². The number of nitrogens with one attached hydrogen (secondary N) is 1. The van der Waals surface area contributed by atoms with Gasteiger partial charge in [-0.3, -0.25) is 4.90 Å². The Balaban J connectivity index is 1.33. The van der Waals surface area contributed by atoms with Crippen LogP contribution in [0.2, 0.25) is 0 Å². The Hall–Kier alpha value is -0.850. The molecular weight excluding hydrogens is 318 g/mol. The molecule has 2 heterocycles. The van der Waals surface area contributed by atoms with Crippen molar-refractivity contribution in [3.8, 4) is 0 Å². The van der Waals surface area contributed by atoms with E-state index < -0.39 is 5.60 Å². The van der Waals surface area contributed by atoms with Crippen molar-refractivity contribution in [3.63, 3.8) is 0 Å². The molecule has 3 aliphatic rings. The highest BCUT2D eigenvalue weighted by atomic mass is 16.6. The van der Waals surface area contributed by atoms with Gasteiger partial charge in [-0.1, -0.05) is 0 Å². The number of nitrogens with zero attached hydrogens (tertiary/aromatic N) is 2. The van der Waals surface area contributed by atoms with Gasteiger partial charge in [0.25, 0.3) is 0 Å². The van der Waals surface area contributed by atoms with Crippen molar-refractivity contribution in [2.45, 2.75) is 83.3 Å². The molecule has 25 heavy (non-hydrogen) atoms. The summed E-state index contributed by atoms with van der Waals surface area (Å²) in [5.41, 5.74) is -0.424. The highest BCUT2D eigenvalue weighted by Gasteiger charge is 2.37. The van der Waals surface area contributed by atoms with Crippen LogP contribution in [0.15, 0.2) is 0 Å². The molecule has 0 aromatic rings. The second-order valence-corrected chi connectivity index (χ2v) is 8.90. The van der Waals surface area contributed by atoms with Gasteiger partial charge in [0.15, 0.2) is 0 Å². The molecule has 3 rings (SSSR count). The third kappa shape index (κ3) is 5.31. The van der Waals surface area contributed by atoms with E-state index in [4.69, 9.17) is 9.47 Å². The molecule has 2 saturated heterocycles. The Morgan fingerprint density at radius 2 is 1.76 bits per heavy atom. The first-order chi connectivity index (χ1) is 11.8. The molecule has 6 nitrogen and oxygen atoms in total. The van der Waals surface area contributed by atoms with Crippen molar-refractivity contribution in [3.05, 3.63) is 0 Å². The van der Waals surface area contributed by atoms with Crippen LogP contribution < -0.4 is 5.32 Å². The van der Waals surface area contributed by atoms with E-state index in [1.165, 1.54) is 12.8 Å². The molecule has 0 radical (unpaired) electrons. The first-order valence-electron chi connectivity index (χ1n) is 9.91. The lowest BCUT2D eigenvalue weighted by Crippen LogP contribution is -2.57. The molecule has 1 N–H and O–H groups in total. The number of amides is 1. The Morgan fingerprint density at radius 1 is 1.08 bits per heavy atom. The average Bonchev–Trinajstić information content (AvgIpc) is 2.49. The van der Waals surface area contributed by atoms with Gasteiger partial charge >= 0.3 is 6.09 Å². The first kappa shape index (κ1) is 18.9. The summed E-state index contributed by atoms with van der Waals surface area (Å²) in [5.74, 6) is 0. The summed E-state index contributed by atoms with van der Waals surface area (Å²) in [6.45, 7) is 12.9. The van der Waals surface area contributed by atoms with Crippen LogP contribution >= 0.6 is 0 Å². The second kappa shape index (κ2) is 7.80. The van der Waals surface area contributed by atoms with Gasteiger partial charge in [-0.25, -0.2) is 4.79 Å². The Kier molecular flexibility index (Phi) is 5.91. The van der Waals surface area contributed by atoms with Gasteiger partial charge in [0.05, 0.1) is 12.2 Å². The summed E-state index contributed by atoms with van der Waals surface area (Å²) in [6.07, 6.45) is 4.69. The minimum Gasteiger partial charge on any atom is -0.444 e. The summed E-state index contributed by atoms with van der Waals surface area (Å²) in [7, 11) is 0. The van der Waals surface area contributed by atoms with E-state index in [0.717, 1.165) is 45.6 Å². The predicted octanol–water partition coefficient (Wildman–Crippen LogP) is 2.23. The largest absolute Gasteiger partial charge is 0.444 e. The fraction of sp³-hybridized carbons (Fsp3) is 0.947. The van der Waals surface area contributed by atoms with Crippen LogP contribution in [0.5, 0.6) is 0 Å². The van der Waals surface area contributed by atoms with E-state index in [9.17, 15) is 4.79 Å². The first-order valence-corrected chi connectivity index (χ1v) is 9.91. The number of hydrogen-bond acceptors (Lipinski definition) is 5. The van der Waals surface area contributed by atoms with Gasteiger partial charge in [0.2, 0.25) is 0 Å². The van der Waals surface area contributed by atoms with Crippen molar-refractivity contribution in [2.75, 3.05) is 32.7 Å². The third-order valence-corrected chi connectivity index (χ3v) is 5.47. The second-order valence-electron chi connectivity index (χ2n) is 8.90. The van der Waals surface area contributed by atoms with Crippen molar-refractivity contribution in [1.82, 2.24) is 15.1 Å². The van der Waals surface area contributed by atoms with E-state index in [-0.39, 0.29) is 6.09 Å². The fourth-order valence-electron chi connectivity index (χ4n) is 4.01. The van der Waals surface area contributed by atoms with Gasteiger partial charge in [0.1, 0.15) is 5.60 Å². The lowest BCUT2D eigenvalue weighted by Gasteiger charge is -2.47. The topological polar surface area (TPSA) is 54.0 Å². The Morgan fingerprint density at radius 3 is 2.36 bits per heavy atom. The number of hydrogen-bond donors (Lipinski definition) is 1. The van der Waals surface area contributed by atoms with Crippen LogP contribution in [0.25, 0.3) is 0 Å². The third-order valence-electron chi connectivity index (χ3n) is 5.47. The lowest BCUT2D eigenvalue weighted by molar-refractivity contribution is -0.105. The molecule has 2 aliphatic heterocycles. The number of likely N-dealkylation sites (tertiary alicyclic amines) is 1. The average molecular weight is 354 g/mol. The number of carbonyl (C=O) groups is 1. The molecule has 0 bridgehead atoms. The number of rotatable bonds is 3. The van der Waals surface area contributed by atoms with Crippen molar-refractivity contribution in [2.24, 2.45) is 0 Å². The zero-order valence-electron chi connectivity index (χ0n) is 16.3. The van der Waals surface area contributed by atoms with Crippen molar-refractivity contribution in [1.29, 1.82) is 0 Å². The summed E-state index contributed by atoms with van der Waals surface area (Å²) in [5, 5.41) is 3.50. The molecule has 0 aromatic heterocycles. The summed E-state index contributed by atoms with van der Waals surface area (Å²) < 4.78 is 11.7. The normalized spacial score (nSPS) is 32.3. The van der Waals surface area contributed by atoms with Crippen LogP contribution in [-0.2, 0) is 9.47 Å². The number of piperidine rings is 1. The molecule has 0 unspecified atom stereocenters. The maximum Gasteiger partial charge on any atom is 0.410 e. The number of ether oxygens (including phenoxy) is 2. The minimum atomic E-state index is -0.424. The van der Waals surface area contributed by atoms with E-state index in [0.29, 0.717) is 24.3 Å². The molecule has 1 saturated carbocycles. The highest BCUT2D eigenvalue weighted by molar-refractivity contribution is 5.68. The van der Waals surface area contributed by atoms with Crippen LogP contribution in [0.3, 0.4) is 0 Å². The molecule has 3 fully saturated rings. The van der Waals surface area contributed by atoms with Crippen molar-refractivity contribution >= 4 is 6.09 Å². The summed E-state index contributed by atoms with van der Waals surface area (Å²) in [4.78, 5) is 16.5. The SMILES string of the molecule is C[C@@H]1CN(C2CC(OC3CCN(C(=O)OC(C)(C)C)CC3)C2)CCN1. The van der Waals surface area contributed by atoms with Gasteiger partial charge in [0, 0.05) is 44.8 Å². The lowest BCUT2D eigenvalue weighted by atomic mass is 9.86. The predicted molar refractivity (Wildman–Crippen MR) is 97.8 cm³/mol. The molecular formula is C19H35N3O3. The van der Waals surface area contributed by atoms with E-state index in [1.54, 1.807) is 0 Å². The zero-order chi connectivity index (χ0) is 18.0. The number of carbonyl (C=O) groups excluding carboxylic acids is 1. The van der Waals surface area contributed by atoms with Crippen molar-refractivity contribution < 1.29 is 14.3 Å². The zero-order valence-corrected chi connectivity index (χ0v) is 16.3. The highest BCUT2D eigenvalue weighted by Crippen LogP contribution is 2.31. The minimum absolute atomic E-state index is 0.192. The van der Waals surface area contributed by atoms with Gasteiger partial charge in [-0.05, 0) is 53.4 Å². The molecule has 0 spiro atoms. The molecule has 6 heteroatoms. The standard InChI is InChI=1S/C19H35N3O3/c1-14-13-22(10-7-20-14)15-11-17(12-15)24-16-5-8-21(9-6-16)18(23)25-19(2,3)4/h14-17,20H,5-13H2,1-4H3/t14-,15?,17?/m1/s1. The van der Waals surface area contributed by atoms with Crippen LogP contribution in [0, 0.1) is 0 Å².